The van der Waals surface area contributed by atoms with E-state index in [1.54, 1.807) is 62.6 Å². The van der Waals surface area contributed by atoms with Crippen molar-refractivity contribution in [3.8, 4) is 111 Å². The van der Waals surface area contributed by atoms with E-state index in [1.807, 2.05) is 135 Å². The lowest BCUT2D eigenvalue weighted by Gasteiger charge is -2.28. The highest BCUT2D eigenvalue weighted by molar-refractivity contribution is 6.10. The first kappa shape index (κ1) is 81.8. The van der Waals surface area contributed by atoms with Crippen molar-refractivity contribution in [2.24, 2.45) is 0 Å². The van der Waals surface area contributed by atoms with Crippen molar-refractivity contribution in [3.63, 3.8) is 0 Å². The van der Waals surface area contributed by atoms with Crippen LogP contribution in [0.4, 0.5) is 0 Å². The van der Waals surface area contributed by atoms with E-state index >= 15 is 0 Å². The number of fused-ring (bicyclic) bond motifs is 8. The molecule has 3 aliphatic heterocycles. The third-order valence-electron chi connectivity index (χ3n) is 25.0. The molecule has 16 aromatic heterocycles. The smallest absolute Gasteiger partial charge is 0.143 e. The number of piperazine rings is 1. The predicted octanol–water partition coefficient (Wildman–Crippen LogP) is 24.1. The summed E-state index contributed by atoms with van der Waals surface area (Å²) < 4.78 is 37.9. The summed E-state index contributed by atoms with van der Waals surface area (Å²) in [4.78, 5) is 46.9. The second kappa shape index (κ2) is 37.7. The number of nitrogens with zero attached hydrogens (tertiary/aromatic N) is 8. The minimum Gasteiger partial charge on any atom is -0.472 e. The summed E-state index contributed by atoms with van der Waals surface area (Å²) in [7, 11) is 0. The summed E-state index contributed by atoms with van der Waals surface area (Å²) in [6, 6.07) is 68.9. The number of piperidine rings is 1. The number of para-hydroxylation sites is 2. The number of aliphatic hydroxyl groups is 1. The molecular weight excluding hydrogens is 1620 g/mol. The van der Waals surface area contributed by atoms with Crippen molar-refractivity contribution in [2.75, 3.05) is 65.6 Å². The zero-order chi connectivity index (χ0) is 86.9. The van der Waals surface area contributed by atoms with Gasteiger partial charge in [-0.1, -0.05) is 140 Å². The van der Waals surface area contributed by atoms with Gasteiger partial charge in [0.15, 0.2) is 0 Å². The van der Waals surface area contributed by atoms with Crippen molar-refractivity contribution >= 4 is 77.1 Å². The van der Waals surface area contributed by atoms with Crippen LogP contribution in [0.1, 0.15) is 41.5 Å². The minimum absolute atomic E-state index is 0.00986. The van der Waals surface area contributed by atoms with E-state index < -0.39 is 0 Å². The number of benzene rings is 6. The van der Waals surface area contributed by atoms with Crippen LogP contribution in [-0.2, 0) is 31.0 Å². The Kier molecular flexibility index (Phi) is 23.7. The minimum atomic E-state index is 0.00986. The lowest BCUT2D eigenvalue weighted by atomic mass is 9.98. The standard InChI is InChI=1S/C23H23N3O.C23H14N2O2.C22H22N4O.C22H21N3O2.C18H14N2O2/c1-4-9-26(10-5-1)15-17-6-2-3-7-20(17)19-12-21-22(18-8-11-27-16-18)14-25-23(21)24-13-19;1-2-7-21-17(4-1)18-6-3-5-16(22(18)27-21)15-10-19-20(14-8-9-26-13-14)12-25-23(19)24-11-15;1-2-4-19(16(3-1)14-26-8-6-23-7-9-26)18-11-20-21(17-5-10-27-15-17)13-25-22(20)24-12-18;1-2-4-19(16(3-1)14-25-6-9-26-10-7-25)18-11-20-21(17-5-8-27-15-17)13-24-22(20)23-12-18;21-10-12-3-1-2-4-15(12)14-7-16-17(13-5-6-22-11-13)9-20-18(16)19-8-14/h2-3,6-8,11-14,16H,1,4-5,9-10,15H2,(H,24,25);1-13H,(H,24,25);1-5,10-13,15,23H,6-9,14H2,(H,24,25);1-5,8,11-13,15H,6-7,9-10,14H2,(H,23,24);1-9,11,21H,10H2,(H,19,20). The second-order valence-corrected chi connectivity index (χ2v) is 33.0. The molecule has 644 valence electrons. The van der Waals surface area contributed by atoms with Crippen molar-refractivity contribution in [1.82, 2.24) is 69.9 Å². The molecule has 25 rings (SSSR count). The van der Waals surface area contributed by atoms with Crippen LogP contribution >= 0.6 is 0 Å². The molecule has 22 heteroatoms. The normalized spacial score (nSPS) is 13.9. The third-order valence-corrected chi connectivity index (χ3v) is 25.0. The molecule has 0 saturated carbocycles. The van der Waals surface area contributed by atoms with Gasteiger partial charge in [-0.2, -0.15) is 0 Å². The van der Waals surface area contributed by atoms with Gasteiger partial charge in [0.1, 0.15) is 39.4 Å². The van der Waals surface area contributed by atoms with Crippen molar-refractivity contribution in [2.45, 2.75) is 45.5 Å². The molecule has 130 heavy (non-hydrogen) atoms. The van der Waals surface area contributed by atoms with Gasteiger partial charge < -0.3 is 66.6 Å². The fourth-order valence-electron chi connectivity index (χ4n) is 18.2. The number of furan rings is 6. The highest BCUT2D eigenvalue weighted by atomic mass is 16.5. The summed E-state index contributed by atoms with van der Waals surface area (Å²) in [5.74, 6) is 0. The summed E-state index contributed by atoms with van der Waals surface area (Å²) in [6.45, 7) is 13.2. The number of rotatable bonds is 17. The molecule has 3 aliphatic rings. The molecule has 0 spiro atoms. The number of aromatic amines is 5. The molecule has 3 saturated heterocycles. The Bertz CT molecular complexity index is 7140. The van der Waals surface area contributed by atoms with Gasteiger partial charge in [0.2, 0.25) is 0 Å². The summed E-state index contributed by atoms with van der Waals surface area (Å²) in [6.07, 6.45) is 40.7. The molecule has 22 nitrogen and oxygen atoms in total. The van der Waals surface area contributed by atoms with E-state index in [4.69, 9.17) is 31.2 Å². The van der Waals surface area contributed by atoms with E-state index in [0.29, 0.717) is 0 Å². The van der Waals surface area contributed by atoms with Gasteiger partial charge in [-0.25, -0.2) is 24.9 Å². The molecule has 0 bridgehead atoms. The van der Waals surface area contributed by atoms with Gasteiger partial charge in [0.05, 0.1) is 82.5 Å². The van der Waals surface area contributed by atoms with Crippen LogP contribution in [0.3, 0.4) is 0 Å². The average molecular weight is 1720 g/mol. The monoisotopic (exact) mass is 1710 g/mol. The highest BCUT2D eigenvalue weighted by Crippen LogP contribution is 2.42. The van der Waals surface area contributed by atoms with Crippen LogP contribution < -0.4 is 5.32 Å². The zero-order valence-electron chi connectivity index (χ0n) is 71.5. The second-order valence-electron chi connectivity index (χ2n) is 33.0. The number of aliphatic hydroxyl groups excluding tert-OH is 1. The Balaban J connectivity index is 0.0000000985. The average Bonchev–Trinajstić information content (AvgIpc) is 1.60. The molecule has 19 heterocycles. The Labute approximate surface area is 748 Å². The number of aromatic nitrogens is 10. The predicted molar refractivity (Wildman–Crippen MR) is 513 cm³/mol. The third kappa shape index (κ3) is 17.4. The number of ether oxygens (including phenoxy) is 1. The fraction of sp³-hybridized carbons (Fsp3) is 0.157. The van der Waals surface area contributed by atoms with E-state index in [1.165, 1.54) is 71.3 Å². The van der Waals surface area contributed by atoms with E-state index in [-0.39, 0.29) is 6.61 Å². The lowest BCUT2D eigenvalue weighted by molar-refractivity contribution is 0.0342. The van der Waals surface area contributed by atoms with Crippen LogP contribution in [-0.4, -0.2) is 135 Å². The van der Waals surface area contributed by atoms with Crippen molar-refractivity contribution < 1.29 is 36.3 Å². The number of likely N-dealkylation sites (tertiary alicyclic amines) is 1. The molecule has 7 N–H and O–H groups in total. The molecule has 0 amide bonds. The maximum absolute atomic E-state index is 9.52. The lowest BCUT2D eigenvalue weighted by Crippen LogP contribution is -2.42. The number of nitrogens with one attached hydrogen (secondary N) is 6. The van der Waals surface area contributed by atoms with Crippen LogP contribution in [0, 0.1) is 0 Å². The first-order chi connectivity index (χ1) is 64.4. The summed E-state index contributed by atoms with van der Waals surface area (Å²) >= 11 is 0. The maximum atomic E-state index is 9.52. The van der Waals surface area contributed by atoms with Crippen LogP contribution in [0.5, 0.6) is 0 Å². The SMILES string of the molecule is OCc1ccccc1-c1cnc2[nH]cc(-c3ccoc3)c2c1.c1ccc(-c2cnc3[nH]cc(-c4ccoc4)c3c2)c(CN2CCCCC2)c1.c1ccc(-c2cnc3[nH]cc(-c4ccoc4)c3c2)c(CN2CCNCC2)c1.c1ccc(-c2cnc3[nH]cc(-c4ccoc4)c3c2)c(CN2CCOCC2)c1.c1ccc2c(c1)oc1c(-c3cnc4[nH]cc(-c5ccoc5)c4c3)cccc12. The Morgan fingerprint density at radius 3 is 0.969 bits per heavy atom. The van der Waals surface area contributed by atoms with Gasteiger partial charge in [0, 0.05) is 248 Å². The van der Waals surface area contributed by atoms with E-state index in [9.17, 15) is 5.11 Å². The quantitative estimate of drug-likeness (QED) is 0.0446. The number of hydrogen-bond donors (Lipinski definition) is 7. The van der Waals surface area contributed by atoms with Gasteiger partial charge >= 0.3 is 0 Å². The van der Waals surface area contributed by atoms with Crippen molar-refractivity contribution in [1.29, 1.82) is 0 Å². The van der Waals surface area contributed by atoms with E-state index in [2.05, 4.69) is 197 Å². The Morgan fingerprint density at radius 2 is 0.600 bits per heavy atom. The van der Waals surface area contributed by atoms with Crippen molar-refractivity contribution in [3.05, 3.63) is 347 Å². The number of H-pyrrole nitrogens is 5. The number of morpholine rings is 1. The van der Waals surface area contributed by atoms with Crippen LogP contribution in [0.2, 0.25) is 0 Å². The Morgan fingerprint density at radius 1 is 0.285 bits per heavy atom. The summed E-state index contributed by atoms with van der Waals surface area (Å²) in [5.41, 5.74) is 33.1. The molecule has 0 aliphatic carbocycles. The molecule has 22 aromatic rings. The van der Waals surface area contributed by atoms with Crippen LogP contribution in [0.25, 0.3) is 188 Å². The first-order valence-corrected chi connectivity index (χ1v) is 44.2. The highest BCUT2D eigenvalue weighted by Gasteiger charge is 2.23. The Hall–Kier alpha value is -15.3. The number of hydrogen-bond acceptors (Lipinski definition) is 17. The zero-order valence-corrected chi connectivity index (χ0v) is 71.5. The van der Waals surface area contributed by atoms with Gasteiger partial charge in [-0.05, 0) is 137 Å². The topological polar surface area (TPSA) is 273 Å². The fourth-order valence-corrected chi connectivity index (χ4v) is 18.2. The summed E-state index contributed by atoms with van der Waals surface area (Å²) in [5, 5.41) is 20.6. The molecule has 0 atom stereocenters. The molecule has 0 radical (unpaired) electrons. The van der Waals surface area contributed by atoms with E-state index in [0.717, 1.165) is 244 Å². The molecule has 6 aromatic carbocycles. The van der Waals surface area contributed by atoms with Gasteiger partial charge in [-0.15, -0.1) is 0 Å². The first-order valence-electron chi connectivity index (χ1n) is 44.2. The van der Waals surface area contributed by atoms with Gasteiger partial charge in [0.25, 0.3) is 0 Å². The number of pyridine rings is 5. The van der Waals surface area contributed by atoms with Gasteiger partial charge in [-0.3, -0.25) is 14.7 Å². The maximum Gasteiger partial charge on any atom is 0.143 e. The molecule has 3 fully saturated rings. The molecule has 0 unspecified atom stereocenters. The molecular formula is C108H94N14O8. The van der Waals surface area contributed by atoms with Crippen LogP contribution in [0.15, 0.2) is 351 Å². The largest absolute Gasteiger partial charge is 0.472 e.